The maximum absolute atomic E-state index is 13.4. The van der Waals surface area contributed by atoms with E-state index in [9.17, 15) is 8.78 Å². The summed E-state index contributed by atoms with van der Waals surface area (Å²) in [5.74, 6) is -0.310. The van der Waals surface area contributed by atoms with Crippen LogP contribution in [0.5, 0.6) is 0 Å². The fraction of sp³-hybridized carbons (Fsp3) is 0.333. The lowest BCUT2D eigenvalue weighted by Gasteiger charge is -1.98. The molecule has 1 N–H and O–H groups in total. The Balaban J connectivity index is 2.06. The summed E-state index contributed by atoms with van der Waals surface area (Å²) < 4.78 is 31.1. The van der Waals surface area contributed by atoms with Gasteiger partial charge in [-0.05, 0) is 18.7 Å². The monoisotopic (exact) mass is 253 g/mol. The molecule has 0 unspecified atom stereocenters. The predicted octanol–water partition coefficient (Wildman–Crippen LogP) is 1.70. The molecule has 18 heavy (non-hydrogen) atoms. The molecule has 6 heteroatoms. The quantitative estimate of drug-likeness (QED) is 0.881. The Bertz CT molecular complexity index is 528. The lowest BCUT2D eigenvalue weighted by Crippen LogP contribution is -2.11. The third kappa shape index (κ3) is 3.10. The summed E-state index contributed by atoms with van der Waals surface area (Å²) in [6.07, 6.45) is 0.810. The largest absolute Gasteiger partial charge is 0.339 e. The lowest BCUT2D eigenvalue weighted by molar-refractivity contribution is 0.377. The van der Waals surface area contributed by atoms with Gasteiger partial charge in [0, 0.05) is 19.0 Å². The van der Waals surface area contributed by atoms with Crippen molar-refractivity contribution in [3.63, 3.8) is 0 Å². The molecule has 2 rings (SSSR count). The van der Waals surface area contributed by atoms with Crippen LogP contribution in [0, 0.1) is 11.6 Å². The highest BCUT2D eigenvalue weighted by molar-refractivity contribution is 5.21. The maximum atomic E-state index is 13.4. The fourth-order valence-electron chi connectivity index (χ4n) is 1.53. The number of aromatic nitrogens is 2. The summed E-state index contributed by atoms with van der Waals surface area (Å²) in [6, 6.07) is 3.42. The van der Waals surface area contributed by atoms with E-state index in [1.165, 1.54) is 12.1 Å². The van der Waals surface area contributed by atoms with E-state index in [1.807, 2.05) is 7.05 Å². The third-order valence-corrected chi connectivity index (χ3v) is 2.47. The van der Waals surface area contributed by atoms with Gasteiger partial charge in [0.1, 0.15) is 11.6 Å². The first kappa shape index (κ1) is 12.6. The van der Waals surface area contributed by atoms with Crippen LogP contribution in [0.4, 0.5) is 8.78 Å². The van der Waals surface area contributed by atoms with E-state index in [-0.39, 0.29) is 6.42 Å². The molecule has 0 saturated heterocycles. The van der Waals surface area contributed by atoms with Crippen LogP contribution >= 0.6 is 0 Å². The summed E-state index contributed by atoms with van der Waals surface area (Å²) in [6.45, 7) is 0.740. The van der Waals surface area contributed by atoms with Crippen molar-refractivity contribution in [1.82, 2.24) is 15.5 Å². The molecule has 0 amide bonds. The number of halogens is 2. The molecule has 0 radical (unpaired) electrons. The molecule has 1 aromatic heterocycles. The van der Waals surface area contributed by atoms with Crippen molar-refractivity contribution in [2.45, 2.75) is 12.8 Å². The summed E-state index contributed by atoms with van der Waals surface area (Å²) in [4.78, 5) is 4.13. The fourth-order valence-corrected chi connectivity index (χ4v) is 1.53. The molecule has 1 aromatic carbocycles. The van der Waals surface area contributed by atoms with Crippen LogP contribution in [-0.2, 0) is 12.8 Å². The van der Waals surface area contributed by atoms with Gasteiger partial charge in [-0.1, -0.05) is 11.2 Å². The van der Waals surface area contributed by atoms with E-state index in [4.69, 9.17) is 4.52 Å². The minimum atomic E-state index is -0.607. The topological polar surface area (TPSA) is 51.0 Å². The van der Waals surface area contributed by atoms with Crippen molar-refractivity contribution in [3.8, 4) is 0 Å². The number of rotatable bonds is 5. The van der Waals surface area contributed by atoms with Crippen LogP contribution in [0.2, 0.25) is 0 Å². The number of hydrogen-bond acceptors (Lipinski definition) is 4. The maximum Gasteiger partial charge on any atom is 0.231 e. The van der Waals surface area contributed by atoms with E-state index >= 15 is 0 Å². The standard InChI is InChI=1S/C12H13F2N3O/c1-15-5-4-11-16-12(18-17-11)6-8-2-3-9(13)7-10(8)14/h2-3,7,15H,4-6H2,1H3. The minimum absolute atomic E-state index is 0.165. The zero-order valence-corrected chi connectivity index (χ0v) is 9.91. The predicted molar refractivity (Wildman–Crippen MR) is 61.1 cm³/mol. The Hall–Kier alpha value is -1.82. The van der Waals surface area contributed by atoms with E-state index in [2.05, 4.69) is 15.5 Å². The van der Waals surface area contributed by atoms with Gasteiger partial charge in [-0.3, -0.25) is 0 Å². The number of benzene rings is 1. The number of hydrogen-bond donors (Lipinski definition) is 1. The molecule has 0 spiro atoms. The SMILES string of the molecule is CNCCc1noc(Cc2ccc(F)cc2F)n1. The van der Waals surface area contributed by atoms with E-state index in [0.29, 0.717) is 23.7 Å². The average Bonchev–Trinajstić information content (AvgIpc) is 2.78. The summed E-state index contributed by atoms with van der Waals surface area (Å²) in [7, 11) is 1.83. The molecule has 2 aromatic rings. The van der Waals surface area contributed by atoms with Gasteiger partial charge < -0.3 is 9.84 Å². The minimum Gasteiger partial charge on any atom is -0.339 e. The van der Waals surface area contributed by atoms with Crippen molar-refractivity contribution < 1.29 is 13.3 Å². The van der Waals surface area contributed by atoms with Gasteiger partial charge in [-0.25, -0.2) is 8.78 Å². The van der Waals surface area contributed by atoms with Crippen LogP contribution < -0.4 is 5.32 Å². The Morgan fingerprint density at radius 2 is 2.17 bits per heavy atom. The van der Waals surface area contributed by atoms with Crippen molar-refractivity contribution in [2.24, 2.45) is 0 Å². The summed E-state index contributed by atoms with van der Waals surface area (Å²) in [5.41, 5.74) is 0.334. The highest BCUT2D eigenvalue weighted by atomic mass is 19.1. The molecule has 96 valence electrons. The van der Waals surface area contributed by atoms with Gasteiger partial charge in [0.25, 0.3) is 0 Å². The first-order valence-corrected chi connectivity index (χ1v) is 5.59. The Morgan fingerprint density at radius 3 is 2.89 bits per heavy atom. The molecule has 0 atom stereocenters. The number of likely N-dealkylation sites (N-methyl/N-ethyl adjacent to an activating group) is 1. The van der Waals surface area contributed by atoms with Crippen LogP contribution in [0.3, 0.4) is 0 Å². The van der Waals surface area contributed by atoms with Crippen LogP contribution in [-0.4, -0.2) is 23.7 Å². The second-order valence-corrected chi connectivity index (χ2v) is 3.87. The molecule has 4 nitrogen and oxygen atoms in total. The second kappa shape index (κ2) is 5.68. The molecule has 0 aliphatic rings. The number of nitrogens with one attached hydrogen (secondary N) is 1. The van der Waals surface area contributed by atoms with Gasteiger partial charge in [0.15, 0.2) is 5.82 Å². The zero-order chi connectivity index (χ0) is 13.0. The first-order chi connectivity index (χ1) is 8.69. The zero-order valence-electron chi connectivity index (χ0n) is 9.91. The molecule has 0 fully saturated rings. The van der Waals surface area contributed by atoms with Crippen LogP contribution in [0.25, 0.3) is 0 Å². The lowest BCUT2D eigenvalue weighted by atomic mass is 10.1. The summed E-state index contributed by atoms with van der Waals surface area (Å²) in [5, 5.41) is 6.74. The molecule has 0 aliphatic heterocycles. The van der Waals surface area contributed by atoms with Crippen LogP contribution in [0.15, 0.2) is 22.7 Å². The molecular weight excluding hydrogens is 240 g/mol. The smallest absolute Gasteiger partial charge is 0.231 e. The molecular formula is C12H13F2N3O. The van der Waals surface area contributed by atoms with Gasteiger partial charge in [-0.2, -0.15) is 4.98 Å². The van der Waals surface area contributed by atoms with Crippen molar-refractivity contribution in [1.29, 1.82) is 0 Å². The van der Waals surface area contributed by atoms with E-state index < -0.39 is 11.6 Å². The average molecular weight is 253 g/mol. The normalized spacial score (nSPS) is 10.8. The molecule has 0 saturated carbocycles. The Labute approximate surface area is 103 Å². The highest BCUT2D eigenvalue weighted by Crippen LogP contribution is 2.13. The molecule has 0 aliphatic carbocycles. The van der Waals surface area contributed by atoms with Crippen molar-refractivity contribution in [2.75, 3.05) is 13.6 Å². The van der Waals surface area contributed by atoms with E-state index in [0.717, 1.165) is 12.6 Å². The first-order valence-electron chi connectivity index (χ1n) is 5.59. The van der Waals surface area contributed by atoms with Gasteiger partial charge >= 0.3 is 0 Å². The molecule has 0 bridgehead atoms. The third-order valence-electron chi connectivity index (χ3n) is 2.47. The van der Waals surface area contributed by atoms with Gasteiger partial charge in [-0.15, -0.1) is 0 Å². The Kier molecular flexibility index (Phi) is 3.99. The van der Waals surface area contributed by atoms with Gasteiger partial charge in [0.05, 0.1) is 6.42 Å². The molecule has 1 heterocycles. The Morgan fingerprint density at radius 1 is 1.33 bits per heavy atom. The van der Waals surface area contributed by atoms with Crippen molar-refractivity contribution >= 4 is 0 Å². The second-order valence-electron chi connectivity index (χ2n) is 3.87. The number of nitrogens with zero attached hydrogens (tertiary/aromatic N) is 2. The van der Waals surface area contributed by atoms with Crippen molar-refractivity contribution in [3.05, 3.63) is 47.1 Å². The van der Waals surface area contributed by atoms with Crippen LogP contribution in [0.1, 0.15) is 17.3 Å². The van der Waals surface area contributed by atoms with E-state index in [1.54, 1.807) is 0 Å². The van der Waals surface area contributed by atoms with Gasteiger partial charge in [0.2, 0.25) is 5.89 Å². The highest BCUT2D eigenvalue weighted by Gasteiger charge is 2.10. The summed E-state index contributed by atoms with van der Waals surface area (Å²) >= 11 is 0.